The molecule has 0 spiro atoms. The van der Waals surface area contributed by atoms with Crippen LogP contribution in [-0.2, 0) is 7.05 Å². The zero-order valence-corrected chi connectivity index (χ0v) is 11.2. The van der Waals surface area contributed by atoms with Gasteiger partial charge in [-0.3, -0.25) is 4.68 Å². The number of carboxylic acids is 1. The lowest BCUT2D eigenvalue weighted by atomic mass is 10.2. The zero-order valence-electron chi connectivity index (χ0n) is 10.4. The topological polar surface area (TPSA) is 96.2 Å². The fraction of sp³-hybridized carbons (Fsp3) is 0.0833. The SMILES string of the molecule is Cn1cc(NC(=O)Nc2ccc(C(=O)O)cc2Cl)cn1. The molecule has 20 heavy (non-hydrogen) atoms. The van der Waals surface area contributed by atoms with Crippen molar-refractivity contribution in [2.24, 2.45) is 7.05 Å². The Bertz CT molecular complexity index is 668. The van der Waals surface area contributed by atoms with Crippen LogP contribution >= 0.6 is 11.6 Å². The monoisotopic (exact) mass is 294 g/mol. The molecule has 0 aliphatic rings. The van der Waals surface area contributed by atoms with Crippen molar-refractivity contribution in [3.8, 4) is 0 Å². The average molecular weight is 295 g/mol. The van der Waals surface area contributed by atoms with E-state index in [-0.39, 0.29) is 10.6 Å². The summed E-state index contributed by atoms with van der Waals surface area (Å²) in [6, 6.07) is 3.55. The van der Waals surface area contributed by atoms with Gasteiger partial charge in [-0.05, 0) is 18.2 Å². The molecule has 2 aromatic rings. The number of carbonyl (C=O) groups excluding carboxylic acids is 1. The predicted octanol–water partition coefficient (Wildman–Crippen LogP) is 2.42. The first-order valence-corrected chi connectivity index (χ1v) is 5.93. The highest BCUT2D eigenvalue weighted by Gasteiger charge is 2.10. The minimum absolute atomic E-state index is 0.0493. The molecule has 7 nitrogen and oxygen atoms in total. The predicted molar refractivity (Wildman–Crippen MR) is 74.3 cm³/mol. The van der Waals surface area contributed by atoms with E-state index in [1.807, 2.05) is 0 Å². The lowest BCUT2D eigenvalue weighted by Crippen LogP contribution is -2.19. The van der Waals surface area contributed by atoms with Crippen LogP contribution in [0.4, 0.5) is 16.2 Å². The van der Waals surface area contributed by atoms with Gasteiger partial charge in [-0.25, -0.2) is 9.59 Å². The number of anilines is 2. The first kappa shape index (κ1) is 13.9. The van der Waals surface area contributed by atoms with E-state index < -0.39 is 12.0 Å². The fourth-order valence-corrected chi connectivity index (χ4v) is 1.75. The Morgan fingerprint density at radius 1 is 1.35 bits per heavy atom. The van der Waals surface area contributed by atoms with Crippen molar-refractivity contribution in [3.63, 3.8) is 0 Å². The number of aromatic nitrogens is 2. The maximum atomic E-state index is 11.7. The van der Waals surface area contributed by atoms with Crippen molar-refractivity contribution >= 4 is 35.0 Å². The number of halogens is 1. The number of aryl methyl sites for hydroxylation is 1. The van der Waals surface area contributed by atoms with Gasteiger partial charge in [0.2, 0.25) is 0 Å². The maximum absolute atomic E-state index is 11.7. The largest absolute Gasteiger partial charge is 0.478 e. The smallest absolute Gasteiger partial charge is 0.335 e. The molecule has 0 unspecified atom stereocenters. The van der Waals surface area contributed by atoms with E-state index in [9.17, 15) is 9.59 Å². The molecule has 1 aromatic heterocycles. The number of urea groups is 1. The normalized spacial score (nSPS) is 10.1. The van der Waals surface area contributed by atoms with Crippen LogP contribution in [0.3, 0.4) is 0 Å². The standard InChI is InChI=1S/C12H11ClN4O3/c1-17-6-8(5-14-17)15-12(20)16-10-3-2-7(11(18)19)4-9(10)13/h2-6H,1H3,(H,18,19)(H2,15,16,20). The van der Waals surface area contributed by atoms with E-state index >= 15 is 0 Å². The van der Waals surface area contributed by atoms with E-state index in [2.05, 4.69) is 15.7 Å². The summed E-state index contributed by atoms with van der Waals surface area (Å²) < 4.78 is 1.55. The van der Waals surface area contributed by atoms with Gasteiger partial charge in [-0.2, -0.15) is 5.10 Å². The number of aromatic carboxylic acids is 1. The highest BCUT2D eigenvalue weighted by atomic mass is 35.5. The molecule has 0 fully saturated rings. The average Bonchev–Trinajstić information content (AvgIpc) is 2.77. The third-order valence-corrected chi connectivity index (χ3v) is 2.74. The minimum Gasteiger partial charge on any atom is -0.478 e. The van der Waals surface area contributed by atoms with Crippen LogP contribution in [0.5, 0.6) is 0 Å². The Hall–Kier alpha value is -2.54. The number of hydrogen-bond acceptors (Lipinski definition) is 3. The van der Waals surface area contributed by atoms with Gasteiger partial charge in [0.05, 0.1) is 28.2 Å². The molecule has 0 bridgehead atoms. The van der Waals surface area contributed by atoms with E-state index in [4.69, 9.17) is 16.7 Å². The van der Waals surface area contributed by atoms with Crippen LogP contribution < -0.4 is 10.6 Å². The first-order valence-electron chi connectivity index (χ1n) is 5.55. The van der Waals surface area contributed by atoms with Gasteiger partial charge in [0.1, 0.15) is 0 Å². The molecule has 0 atom stereocenters. The van der Waals surface area contributed by atoms with Gasteiger partial charge in [0, 0.05) is 13.2 Å². The number of carboxylic acid groups (broad SMARTS) is 1. The lowest BCUT2D eigenvalue weighted by Gasteiger charge is -2.08. The minimum atomic E-state index is -1.08. The highest BCUT2D eigenvalue weighted by molar-refractivity contribution is 6.34. The van der Waals surface area contributed by atoms with Gasteiger partial charge in [0.15, 0.2) is 0 Å². The summed E-state index contributed by atoms with van der Waals surface area (Å²) in [5.41, 5.74) is 0.898. The van der Waals surface area contributed by atoms with Gasteiger partial charge in [0.25, 0.3) is 0 Å². The molecule has 3 N–H and O–H groups in total. The van der Waals surface area contributed by atoms with Gasteiger partial charge in [-0.1, -0.05) is 11.6 Å². The van der Waals surface area contributed by atoms with Gasteiger partial charge in [-0.15, -0.1) is 0 Å². The summed E-state index contributed by atoms with van der Waals surface area (Å²) in [5.74, 6) is -1.08. The number of rotatable bonds is 3. The lowest BCUT2D eigenvalue weighted by molar-refractivity contribution is 0.0697. The van der Waals surface area contributed by atoms with Gasteiger partial charge >= 0.3 is 12.0 Å². The number of amides is 2. The van der Waals surface area contributed by atoms with Crippen LogP contribution in [0.2, 0.25) is 5.02 Å². The Balaban J connectivity index is 2.06. The quantitative estimate of drug-likeness (QED) is 0.810. The summed E-state index contributed by atoms with van der Waals surface area (Å²) in [6.45, 7) is 0. The van der Waals surface area contributed by atoms with Crippen molar-refractivity contribution < 1.29 is 14.7 Å². The molecule has 2 rings (SSSR count). The van der Waals surface area contributed by atoms with Crippen molar-refractivity contribution in [2.75, 3.05) is 10.6 Å². The Labute approximate surface area is 119 Å². The number of nitrogens with one attached hydrogen (secondary N) is 2. The highest BCUT2D eigenvalue weighted by Crippen LogP contribution is 2.23. The molecule has 0 aliphatic heterocycles. The summed E-state index contributed by atoms with van der Waals surface area (Å²) in [6.07, 6.45) is 3.13. The zero-order chi connectivity index (χ0) is 14.7. The molecule has 1 aromatic carbocycles. The molecular weight excluding hydrogens is 284 g/mol. The number of nitrogens with zero attached hydrogens (tertiary/aromatic N) is 2. The Kier molecular flexibility index (Phi) is 3.90. The van der Waals surface area contributed by atoms with E-state index in [1.165, 1.54) is 24.4 Å². The van der Waals surface area contributed by atoms with E-state index in [1.54, 1.807) is 17.9 Å². The molecular formula is C12H11ClN4O3. The van der Waals surface area contributed by atoms with Crippen molar-refractivity contribution in [2.45, 2.75) is 0 Å². The first-order chi connectivity index (χ1) is 9.45. The molecule has 104 valence electrons. The van der Waals surface area contributed by atoms with Crippen LogP contribution in [0, 0.1) is 0 Å². The third-order valence-electron chi connectivity index (χ3n) is 2.43. The van der Waals surface area contributed by atoms with Crippen molar-refractivity contribution in [1.29, 1.82) is 0 Å². The molecule has 0 aliphatic carbocycles. The molecule has 8 heteroatoms. The number of hydrogen-bond donors (Lipinski definition) is 3. The van der Waals surface area contributed by atoms with E-state index in [0.29, 0.717) is 11.4 Å². The summed E-state index contributed by atoms with van der Waals surface area (Å²) in [7, 11) is 1.73. The van der Waals surface area contributed by atoms with E-state index in [0.717, 1.165) is 0 Å². The van der Waals surface area contributed by atoms with Crippen LogP contribution in [-0.4, -0.2) is 26.9 Å². The second-order valence-electron chi connectivity index (χ2n) is 3.98. The molecule has 1 heterocycles. The Morgan fingerprint density at radius 3 is 2.65 bits per heavy atom. The fourth-order valence-electron chi connectivity index (χ4n) is 1.52. The molecule has 0 radical (unpaired) electrons. The number of carbonyl (C=O) groups is 2. The van der Waals surface area contributed by atoms with Crippen LogP contribution in [0.25, 0.3) is 0 Å². The third kappa shape index (κ3) is 3.27. The summed E-state index contributed by atoms with van der Waals surface area (Å²) in [5, 5.41) is 18.0. The van der Waals surface area contributed by atoms with Gasteiger partial charge < -0.3 is 15.7 Å². The maximum Gasteiger partial charge on any atom is 0.335 e. The molecule has 0 saturated heterocycles. The van der Waals surface area contributed by atoms with Crippen LogP contribution in [0.1, 0.15) is 10.4 Å². The number of benzene rings is 1. The molecule has 0 saturated carbocycles. The van der Waals surface area contributed by atoms with Crippen molar-refractivity contribution in [1.82, 2.24) is 9.78 Å². The summed E-state index contributed by atoms with van der Waals surface area (Å²) >= 11 is 5.90. The Morgan fingerprint density at radius 2 is 2.10 bits per heavy atom. The second-order valence-corrected chi connectivity index (χ2v) is 4.39. The van der Waals surface area contributed by atoms with Crippen LogP contribution in [0.15, 0.2) is 30.6 Å². The second kappa shape index (κ2) is 5.62. The summed E-state index contributed by atoms with van der Waals surface area (Å²) in [4.78, 5) is 22.5. The molecule has 2 amide bonds. The van der Waals surface area contributed by atoms with Crippen molar-refractivity contribution in [3.05, 3.63) is 41.2 Å².